The number of imidazole rings is 1. The molecule has 0 radical (unpaired) electrons. The highest BCUT2D eigenvalue weighted by atomic mass is 35.5. The smallest absolute Gasteiger partial charge is 0.224 e. The number of halogens is 2. The zero-order valence-electron chi connectivity index (χ0n) is 20.8. The van der Waals surface area contributed by atoms with Crippen LogP contribution in [0.1, 0.15) is 38.5 Å². The molecule has 39 heavy (non-hydrogen) atoms. The van der Waals surface area contributed by atoms with Crippen LogP contribution in [0.4, 0.5) is 17.5 Å². The van der Waals surface area contributed by atoms with Crippen molar-refractivity contribution in [1.82, 2.24) is 29.5 Å². The molecule has 2 saturated heterocycles. The van der Waals surface area contributed by atoms with Crippen LogP contribution < -0.4 is 15.5 Å². The Hall–Kier alpha value is -2.63. The molecule has 204 valence electrons. The Kier molecular flexibility index (Phi) is 6.16. The van der Waals surface area contributed by atoms with Crippen molar-refractivity contribution in [2.75, 3.05) is 35.3 Å². The number of fused-ring (bicyclic) bond motifs is 5. The number of anilines is 3. The van der Waals surface area contributed by atoms with Gasteiger partial charge in [0.25, 0.3) is 0 Å². The molecule has 7 rings (SSSR count). The Morgan fingerprint density at radius 1 is 1.03 bits per heavy atom. The van der Waals surface area contributed by atoms with Crippen LogP contribution in [0.3, 0.4) is 0 Å². The summed E-state index contributed by atoms with van der Waals surface area (Å²) in [6.07, 6.45) is 6.81. The summed E-state index contributed by atoms with van der Waals surface area (Å²) < 4.78 is 15.1. The fourth-order valence-corrected chi connectivity index (χ4v) is 7.34. The van der Waals surface area contributed by atoms with E-state index in [0.717, 1.165) is 18.8 Å². The van der Waals surface area contributed by atoms with Crippen molar-refractivity contribution in [3.05, 3.63) is 23.0 Å². The predicted octanol–water partition coefficient (Wildman–Crippen LogP) is 3.59. The van der Waals surface area contributed by atoms with Gasteiger partial charge in [0.05, 0.1) is 41.9 Å². The quantitative estimate of drug-likeness (QED) is 0.299. The minimum Gasteiger partial charge on any atom is -0.375 e. The molecule has 0 aliphatic carbocycles. The van der Waals surface area contributed by atoms with Gasteiger partial charge in [0.2, 0.25) is 16.5 Å². The summed E-state index contributed by atoms with van der Waals surface area (Å²) in [4.78, 5) is 23.8. The number of ether oxygens (including phenoxy) is 2. The maximum absolute atomic E-state index is 10.7. The molecule has 5 atom stereocenters. The van der Waals surface area contributed by atoms with Gasteiger partial charge in [-0.15, -0.1) is 12.6 Å². The molecule has 0 aromatic carbocycles. The average Bonchev–Trinajstić information content (AvgIpc) is 3.43. The summed E-state index contributed by atoms with van der Waals surface area (Å²) in [7, 11) is 0. The number of thiol groups is 1. The van der Waals surface area contributed by atoms with Crippen LogP contribution in [-0.2, 0) is 15.0 Å². The number of nitrogens with zero attached hydrogens (tertiary/aromatic N) is 8. The topological polar surface area (TPSA) is 139 Å². The summed E-state index contributed by atoms with van der Waals surface area (Å²) >= 11 is 17.1. The van der Waals surface area contributed by atoms with Crippen molar-refractivity contribution in [2.24, 2.45) is 0 Å². The first kappa shape index (κ1) is 25.3. The molecule has 3 aromatic rings. The van der Waals surface area contributed by atoms with Crippen LogP contribution in [0.5, 0.6) is 0 Å². The number of aromatic nitrogens is 6. The van der Waals surface area contributed by atoms with E-state index in [0.29, 0.717) is 68.1 Å². The first-order chi connectivity index (χ1) is 18.9. The lowest BCUT2D eigenvalue weighted by molar-refractivity contribution is -0.0788. The Morgan fingerprint density at radius 2 is 1.77 bits per heavy atom. The second kappa shape index (κ2) is 9.49. The SMILES string of the molecule is N#CC1(N2c3nc(Cl)ncc3NC2S)CCCOC(C2CC3(CCCO2)CNc2nc4cnc(Cl)nc4n23)C1. The zero-order chi connectivity index (χ0) is 26.8. The van der Waals surface area contributed by atoms with E-state index >= 15 is 0 Å². The third-order valence-electron chi connectivity index (χ3n) is 8.31. The highest BCUT2D eigenvalue weighted by Crippen LogP contribution is 2.46. The first-order valence-corrected chi connectivity index (χ1v) is 14.2. The highest BCUT2D eigenvalue weighted by molar-refractivity contribution is 7.81. The Bertz CT molecular complexity index is 1490. The molecule has 0 bridgehead atoms. The molecular formula is C24H26Cl2N10O2S. The van der Waals surface area contributed by atoms with E-state index in [2.05, 4.69) is 41.2 Å². The molecule has 0 saturated carbocycles. The lowest BCUT2D eigenvalue weighted by atomic mass is 9.82. The van der Waals surface area contributed by atoms with Gasteiger partial charge in [-0.2, -0.15) is 15.2 Å². The fourth-order valence-electron chi connectivity index (χ4n) is 6.62. The monoisotopic (exact) mass is 588 g/mol. The van der Waals surface area contributed by atoms with E-state index < -0.39 is 11.0 Å². The van der Waals surface area contributed by atoms with Crippen molar-refractivity contribution >= 4 is 64.4 Å². The van der Waals surface area contributed by atoms with Gasteiger partial charge >= 0.3 is 0 Å². The third-order valence-corrected chi connectivity index (χ3v) is 9.03. The van der Waals surface area contributed by atoms with Gasteiger partial charge < -0.3 is 25.0 Å². The van der Waals surface area contributed by atoms with Crippen molar-refractivity contribution in [3.63, 3.8) is 0 Å². The number of hydrogen-bond donors (Lipinski definition) is 3. The average molecular weight is 590 g/mol. The highest BCUT2D eigenvalue weighted by Gasteiger charge is 2.51. The van der Waals surface area contributed by atoms with E-state index in [1.165, 1.54) is 0 Å². The lowest BCUT2D eigenvalue weighted by Gasteiger charge is -2.41. The second-order valence-corrected chi connectivity index (χ2v) is 11.7. The maximum atomic E-state index is 10.7. The summed E-state index contributed by atoms with van der Waals surface area (Å²) in [6.45, 7) is 1.81. The molecule has 5 unspecified atom stereocenters. The number of hydrogen-bond acceptors (Lipinski definition) is 12. The van der Waals surface area contributed by atoms with Crippen molar-refractivity contribution in [2.45, 2.75) is 67.3 Å². The van der Waals surface area contributed by atoms with Gasteiger partial charge in [-0.3, -0.25) is 4.57 Å². The molecule has 2 N–H and O–H groups in total. The molecule has 0 amide bonds. The summed E-state index contributed by atoms with van der Waals surface area (Å²) in [5.74, 6) is 1.33. The second-order valence-electron chi connectivity index (χ2n) is 10.5. The Morgan fingerprint density at radius 3 is 2.59 bits per heavy atom. The van der Waals surface area contributed by atoms with Gasteiger partial charge in [-0.1, -0.05) is 0 Å². The van der Waals surface area contributed by atoms with E-state index in [1.54, 1.807) is 12.4 Å². The van der Waals surface area contributed by atoms with E-state index in [9.17, 15) is 5.26 Å². The van der Waals surface area contributed by atoms with Crippen LogP contribution in [0.15, 0.2) is 12.4 Å². The summed E-state index contributed by atoms with van der Waals surface area (Å²) in [5.41, 5.74) is 0.361. The van der Waals surface area contributed by atoms with Crippen molar-refractivity contribution in [1.29, 1.82) is 5.26 Å². The Balaban J connectivity index is 1.24. The molecule has 7 heterocycles. The van der Waals surface area contributed by atoms with Gasteiger partial charge in [0.1, 0.15) is 16.6 Å². The molecular weight excluding hydrogens is 563 g/mol. The number of nitriles is 1. The van der Waals surface area contributed by atoms with Gasteiger partial charge in [-0.25, -0.2) is 15.0 Å². The van der Waals surface area contributed by atoms with Gasteiger partial charge in [0, 0.05) is 32.6 Å². The van der Waals surface area contributed by atoms with Crippen LogP contribution >= 0.6 is 35.8 Å². The first-order valence-electron chi connectivity index (χ1n) is 13.0. The van der Waals surface area contributed by atoms with Crippen LogP contribution in [0, 0.1) is 11.3 Å². The van der Waals surface area contributed by atoms with Crippen LogP contribution in [0.25, 0.3) is 11.2 Å². The number of rotatable bonds is 2. The zero-order valence-corrected chi connectivity index (χ0v) is 23.3. The number of nitrogens with one attached hydrogen (secondary N) is 2. The predicted molar refractivity (Wildman–Crippen MR) is 148 cm³/mol. The van der Waals surface area contributed by atoms with E-state index in [4.69, 9.17) is 50.3 Å². The van der Waals surface area contributed by atoms with Crippen LogP contribution in [0.2, 0.25) is 10.6 Å². The molecule has 15 heteroatoms. The molecule has 3 aromatic heterocycles. The normalized spacial score (nSPS) is 32.2. The third kappa shape index (κ3) is 4.07. The standard InChI is InChI=1S/C24H26Cl2N10O2S/c25-19-28-9-13-17(33-19)35-21(31-13)30-12-24(35)4-2-6-38-16(8-24)15-7-23(11-27,3-1-5-37-15)36-18-14(32-22(36)39)10-29-20(26)34-18/h9-10,15-16,22,32,39H,1-8,12H2,(H,30,31). The van der Waals surface area contributed by atoms with Crippen molar-refractivity contribution in [3.8, 4) is 6.07 Å². The lowest BCUT2D eigenvalue weighted by Crippen LogP contribution is -2.54. The molecule has 2 fully saturated rings. The largest absolute Gasteiger partial charge is 0.375 e. The minimum atomic E-state index is -0.937. The molecule has 12 nitrogen and oxygen atoms in total. The van der Waals surface area contributed by atoms with E-state index in [-0.39, 0.29) is 28.3 Å². The minimum absolute atomic E-state index is 0.118. The molecule has 4 aliphatic heterocycles. The summed E-state index contributed by atoms with van der Waals surface area (Å²) in [5, 5.41) is 17.7. The summed E-state index contributed by atoms with van der Waals surface area (Å²) in [6, 6.07) is 2.62. The maximum Gasteiger partial charge on any atom is 0.224 e. The van der Waals surface area contributed by atoms with Gasteiger partial charge in [0.15, 0.2) is 11.5 Å². The Labute approximate surface area is 239 Å². The molecule has 1 spiro atoms. The fraction of sp³-hybridized carbons (Fsp3) is 0.583. The molecule has 4 aliphatic rings. The van der Waals surface area contributed by atoms with E-state index in [1.807, 2.05) is 4.90 Å². The van der Waals surface area contributed by atoms with Gasteiger partial charge in [-0.05, 0) is 48.9 Å². The van der Waals surface area contributed by atoms with Crippen molar-refractivity contribution < 1.29 is 9.47 Å². The van der Waals surface area contributed by atoms with Crippen LogP contribution in [-0.4, -0.2) is 72.5 Å².